The first-order valence-corrected chi connectivity index (χ1v) is 7.27. The van der Waals surface area contributed by atoms with Gasteiger partial charge in [-0.15, -0.1) is 0 Å². The van der Waals surface area contributed by atoms with Crippen LogP contribution in [0.4, 0.5) is 5.69 Å². The number of ether oxygens (including phenoxy) is 1. The number of rotatable bonds is 4. The molecule has 0 saturated carbocycles. The molecule has 1 atom stereocenters. The van der Waals surface area contributed by atoms with Crippen LogP contribution in [0.15, 0.2) is 46.9 Å². The van der Waals surface area contributed by atoms with Crippen LogP contribution in [-0.2, 0) is 0 Å². The molecule has 2 aromatic rings. The number of nitrogens with zero attached hydrogens (tertiary/aromatic N) is 1. The standard InChI is InChI=1S/C16H19BrN2O/c1-11(18)12-7-8-16(15(17)9-12)20-14-6-4-5-13(10-14)19(2)3/h4-11H,18H2,1-3H3/t11-/m1/s1. The van der Waals surface area contributed by atoms with E-state index in [0.29, 0.717) is 0 Å². The molecule has 2 N–H and O–H groups in total. The van der Waals surface area contributed by atoms with Gasteiger partial charge >= 0.3 is 0 Å². The summed E-state index contributed by atoms with van der Waals surface area (Å²) in [6.07, 6.45) is 0. The van der Waals surface area contributed by atoms with Crippen molar-refractivity contribution in [3.05, 3.63) is 52.5 Å². The van der Waals surface area contributed by atoms with Crippen molar-refractivity contribution in [3.8, 4) is 11.5 Å². The van der Waals surface area contributed by atoms with Gasteiger partial charge < -0.3 is 15.4 Å². The third-order valence-corrected chi connectivity index (χ3v) is 3.66. The molecule has 4 heteroatoms. The fourth-order valence-corrected chi connectivity index (χ4v) is 2.31. The molecule has 3 nitrogen and oxygen atoms in total. The summed E-state index contributed by atoms with van der Waals surface area (Å²) in [4.78, 5) is 2.04. The van der Waals surface area contributed by atoms with Crippen molar-refractivity contribution < 1.29 is 4.74 Å². The monoisotopic (exact) mass is 334 g/mol. The Morgan fingerprint density at radius 2 is 1.90 bits per heavy atom. The quantitative estimate of drug-likeness (QED) is 0.904. The highest BCUT2D eigenvalue weighted by atomic mass is 79.9. The minimum atomic E-state index is 0.0115. The second-order valence-corrected chi connectivity index (χ2v) is 5.83. The molecule has 2 aromatic carbocycles. The first-order valence-electron chi connectivity index (χ1n) is 6.47. The molecule has 2 rings (SSSR count). The van der Waals surface area contributed by atoms with Crippen LogP contribution in [0, 0.1) is 0 Å². The van der Waals surface area contributed by atoms with Crippen molar-refractivity contribution in [1.29, 1.82) is 0 Å². The summed E-state index contributed by atoms with van der Waals surface area (Å²) in [6.45, 7) is 1.96. The second-order valence-electron chi connectivity index (χ2n) is 4.97. The Balaban J connectivity index is 2.24. The molecule has 0 aromatic heterocycles. The van der Waals surface area contributed by atoms with Crippen molar-refractivity contribution >= 4 is 21.6 Å². The van der Waals surface area contributed by atoms with Crippen molar-refractivity contribution in [3.63, 3.8) is 0 Å². The number of anilines is 1. The van der Waals surface area contributed by atoms with Crippen LogP contribution < -0.4 is 15.4 Å². The van der Waals surface area contributed by atoms with E-state index in [9.17, 15) is 0 Å². The maximum absolute atomic E-state index is 5.92. The third-order valence-electron chi connectivity index (χ3n) is 3.04. The van der Waals surface area contributed by atoms with E-state index in [1.54, 1.807) is 0 Å². The van der Waals surface area contributed by atoms with Gasteiger partial charge in [0.15, 0.2) is 0 Å². The lowest BCUT2D eigenvalue weighted by atomic mass is 10.1. The molecular formula is C16H19BrN2O. The maximum atomic E-state index is 5.92. The van der Waals surface area contributed by atoms with Crippen molar-refractivity contribution in [2.24, 2.45) is 5.73 Å². The summed E-state index contributed by atoms with van der Waals surface area (Å²) in [5.41, 5.74) is 8.05. The highest BCUT2D eigenvalue weighted by molar-refractivity contribution is 9.10. The summed E-state index contributed by atoms with van der Waals surface area (Å²) in [7, 11) is 4.01. The molecule has 0 aliphatic heterocycles. The summed E-state index contributed by atoms with van der Waals surface area (Å²) < 4.78 is 6.83. The minimum Gasteiger partial charge on any atom is -0.456 e. The van der Waals surface area contributed by atoms with Gasteiger partial charge in [-0.3, -0.25) is 0 Å². The van der Waals surface area contributed by atoms with E-state index >= 15 is 0 Å². The fraction of sp³-hybridized carbons (Fsp3) is 0.250. The van der Waals surface area contributed by atoms with Gasteiger partial charge in [-0.2, -0.15) is 0 Å². The van der Waals surface area contributed by atoms with E-state index < -0.39 is 0 Å². The number of benzene rings is 2. The number of halogens is 1. The Morgan fingerprint density at radius 3 is 2.50 bits per heavy atom. The lowest BCUT2D eigenvalue weighted by molar-refractivity contribution is 0.479. The van der Waals surface area contributed by atoms with Gasteiger partial charge in [0.05, 0.1) is 4.47 Å². The average Bonchev–Trinajstić information content (AvgIpc) is 2.41. The molecule has 0 unspecified atom stereocenters. The average molecular weight is 335 g/mol. The van der Waals surface area contributed by atoms with E-state index in [1.807, 2.05) is 68.4 Å². The van der Waals surface area contributed by atoms with E-state index in [1.165, 1.54) is 0 Å². The number of hydrogen-bond acceptors (Lipinski definition) is 3. The van der Waals surface area contributed by atoms with E-state index in [2.05, 4.69) is 15.9 Å². The molecule has 0 radical (unpaired) electrons. The smallest absolute Gasteiger partial charge is 0.141 e. The molecule has 0 heterocycles. The Kier molecular flexibility index (Phi) is 4.68. The molecule has 20 heavy (non-hydrogen) atoms. The maximum Gasteiger partial charge on any atom is 0.141 e. The predicted octanol–water partition coefficient (Wildman–Crippen LogP) is 4.33. The van der Waals surface area contributed by atoms with Crippen molar-refractivity contribution in [2.45, 2.75) is 13.0 Å². The summed E-state index contributed by atoms with van der Waals surface area (Å²) in [5.74, 6) is 1.59. The van der Waals surface area contributed by atoms with Gasteiger partial charge in [0.1, 0.15) is 11.5 Å². The summed E-state index contributed by atoms with van der Waals surface area (Å²) in [5, 5.41) is 0. The zero-order chi connectivity index (χ0) is 14.7. The van der Waals surface area contributed by atoms with Crippen LogP contribution in [-0.4, -0.2) is 14.1 Å². The molecule has 106 valence electrons. The van der Waals surface area contributed by atoms with Gasteiger partial charge in [0.2, 0.25) is 0 Å². The first kappa shape index (κ1) is 14.9. The van der Waals surface area contributed by atoms with Crippen LogP contribution >= 0.6 is 15.9 Å². The molecular weight excluding hydrogens is 316 g/mol. The zero-order valence-electron chi connectivity index (χ0n) is 11.9. The molecule has 0 bridgehead atoms. The van der Waals surface area contributed by atoms with E-state index in [0.717, 1.165) is 27.2 Å². The Morgan fingerprint density at radius 1 is 1.15 bits per heavy atom. The molecule has 0 aliphatic rings. The second kappa shape index (κ2) is 6.29. The van der Waals surface area contributed by atoms with Gasteiger partial charge in [0.25, 0.3) is 0 Å². The normalized spacial score (nSPS) is 12.1. The van der Waals surface area contributed by atoms with Crippen LogP contribution in [0.3, 0.4) is 0 Å². The Labute approximate surface area is 128 Å². The molecule has 0 fully saturated rings. The largest absolute Gasteiger partial charge is 0.456 e. The topological polar surface area (TPSA) is 38.5 Å². The van der Waals surface area contributed by atoms with Gasteiger partial charge in [-0.05, 0) is 52.7 Å². The number of nitrogens with two attached hydrogens (primary N) is 1. The SMILES string of the molecule is C[C@@H](N)c1ccc(Oc2cccc(N(C)C)c2)c(Br)c1. The molecule has 0 amide bonds. The highest BCUT2D eigenvalue weighted by Crippen LogP contribution is 2.32. The number of hydrogen-bond donors (Lipinski definition) is 1. The molecule has 0 spiro atoms. The molecule has 0 saturated heterocycles. The van der Waals surface area contributed by atoms with Crippen LogP contribution in [0.1, 0.15) is 18.5 Å². The van der Waals surface area contributed by atoms with E-state index in [4.69, 9.17) is 10.5 Å². The fourth-order valence-electron chi connectivity index (χ4n) is 1.84. The lowest BCUT2D eigenvalue weighted by Gasteiger charge is -2.15. The summed E-state index contributed by atoms with van der Waals surface area (Å²) >= 11 is 3.53. The van der Waals surface area contributed by atoms with Crippen LogP contribution in [0.2, 0.25) is 0 Å². The van der Waals surface area contributed by atoms with Crippen molar-refractivity contribution in [1.82, 2.24) is 0 Å². The minimum absolute atomic E-state index is 0.0115. The van der Waals surface area contributed by atoms with Gasteiger partial charge in [-0.25, -0.2) is 0 Å². The Hall–Kier alpha value is -1.52. The summed E-state index contributed by atoms with van der Waals surface area (Å²) in [6, 6.07) is 13.9. The van der Waals surface area contributed by atoms with Gasteiger partial charge in [0, 0.05) is 31.9 Å². The van der Waals surface area contributed by atoms with Gasteiger partial charge in [-0.1, -0.05) is 12.1 Å². The van der Waals surface area contributed by atoms with Crippen LogP contribution in [0.5, 0.6) is 11.5 Å². The van der Waals surface area contributed by atoms with Crippen molar-refractivity contribution in [2.75, 3.05) is 19.0 Å². The highest BCUT2D eigenvalue weighted by Gasteiger charge is 2.07. The Bertz CT molecular complexity index is 597. The third kappa shape index (κ3) is 3.52. The van der Waals surface area contributed by atoms with Crippen LogP contribution in [0.25, 0.3) is 0 Å². The first-order chi connectivity index (χ1) is 9.47. The lowest BCUT2D eigenvalue weighted by Crippen LogP contribution is -2.08. The zero-order valence-corrected chi connectivity index (χ0v) is 13.5. The van der Waals surface area contributed by atoms with E-state index in [-0.39, 0.29) is 6.04 Å². The predicted molar refractivity (Wildman–Crippen MR) is 87.6 cm³/mol. The molecule has 0 aliphatic carbocycles.